The summed E-state index contributed by atoms with van der Waals surface area (Å²) < 4.78 is 35.2. The maximum absolute atomic E-state index is 11.9. The minimum absolute atomic E-state index is 0.0252. The maximum Gasteiger partial charge on any atom is 0.178 e. The van der Waals surface area contributed by atoms with Crippen molar-refractivity contribution >= 4 is 9.84 Å². The van der Waals surface area contributed by atoms with Crippen LogP contribution in [0, 0.1) is 0 Å². The van der Waals surface area contributed by atoms with Gasteiger partial charge in [-0.1, -0.05) is 6.92 Å². The van der Waals surface area contributed by atoms with Crippen molar-refractivity contribution in [1.29, 1.82) is 0 Å². The Morgan fingerprint density at radius 1 is 1.29 bits per heavy atom. The summed E-state index contributed by atoms with van der Waals surface area (Å²) >= 11 is 0. The smallest absolute Gasteiger partial charge is 0.178 e. The number of ether oxygens (including phenoxy) is 2. The lowest BCUT2D eigenvalue weighted by molar-refractivity contribution is -0.0470. The van der Waals surface area contributed by atoms with Gasteiger partial charge in [0.1, 0.15) is 18.5 Å². The zero-order valence-corrected chi connectivity index (χ0v) is 13.4. The van der Waals surface area contributed by atoms with E-state index in [1.165, 1.54) is 0 Å². The first-order chi connectivity index (χ1) is 10.0. The van der Waals surface area contributed by atoms with E-state index in [9.17, 15) is 8.42 Å². The molecule has 1 aliphatic heterocycles. The fourth-order valence-electron chi connectivity index (χ4n) is 2.29. The first-order valence-electron chi connectivity index (χ1n) is 7.33. The topological polar surface area (TPSA) is 64.6 Å². The van der Waals surface area contributed by atoms with Gasteiger partial charge in [0.25, 0.3) is 0 Å². The van der Waals surface area contributed by atoms with Gasteiger partial charge < -0.3 is 14.8 Å². The number of morpholine rings is 1. The molecule has 0 spiro atoms. The Kier molecular flexibility index (Phi) is 5.61. The lowest BCUT2D eigenvalue weighted by atomic mass is 10.2. The van der Waals surface area contributed by atoms with Crippen LogP contribution in [0.1, 0.15) is 20.3 Å². The molecule has 0 radical (unpaired) electrons. The van der Waals surface area contributed by atoms with Crippen LogP contribution in [0.4, 0.5) is 0 Å². The Labute approximate surface area is 126 Å². The van der Waals surface area contributed by atoms with Crippen LogP contribution in [0.5, 0.6) is 5.75 Å². The molecule has 0 aliphatic carbocycles. The number of hydrogen-bond acceptors (Lipinski definition) is 5. The summed E-state index contributed by atoms with van der Waals surface area (Å²) in [6.07, 6.45) is 0.830. The molecule has 2 rings (SSSR count). The summed E-state index contributed by atoms with van der Waals surface area (Å²) in [5, 5.41) is 3.28. The summed E-state index contributed by atoms with van der Waals surface area (Å²) in [5.74, 6) is 0.833. The molecule has 6 heteroatoms. The third-order valence-electron chi connectivity index (χ3n) is 3.32. The van der Waals surface area contributed by atoms with Gasteiger partial charge in [-0.2, -0.15) is 0 Å². The van der Waals surface area contributed by atoms with Crippen LogP contribution in [0.3, 0.4) is 0 Å². The van der Waals surface area contributed by atoms with Crippen LogP contribution >= 0.6 is 0 Å². The summed E-state index contributed by atoms with van der Waals surface area (Å²) in [6.45, 7) is 5.97. The second-order valence-corrected chi connectivity index (χ2v) is 7.44. The molecule has 21 heavy (non-hydrogen) atoms. The summed E-state index contributed by atoms with van der Waals surface area (Å²) in [7, 11) is -3.16. The van der Waals surface area contributed by atoms with E-state index in [0.717, 1.165) is 13.1 Å². The predicted molar refractivity (Wildman–Crippen MR) is 81.5 cm³/mol. The largest absolute Gasteiger partial charge is 0.491 e. The fourth-order valence-corrected chi connectivity index (χ4v) is 3.61. The van der Waals surface area contributed by atoms with Crippen molar-refractivity contribution in [2.45, 2.75) is 37.4 Å². The molecule has 118 valence electrons. The van der Waals surface area contributed by atoms with Gasteiger partial charge in [-0.15, -0.1) is 0 Å². The van der Waals surface area contributed by atoms with Gasteiger partial charge >= 0.3 is 0 Å². The fraction of sp³-hybridized carbons (Fsp3) is 0.600. The Morgan fingerprint density at radius 3 is 2.62 bits per heavy atom. The van der Waals surface area contributed by atoms with Gasteiger partial charge in [0.2, 0.25) is 0 Å². The molecule has 2 atom stereocenters. The molecular weight excluding hydrogens is 290 g/mol. The molecular formula is C15H23NO4S. The van der Waals surface area contributed by atoms with Crippen LogP contribution in [0.2, 0.25) is 0 Å². The van der Waals surface area contributed by atoms with Crippen LogP contribution < -0.4 is 10.1 Å². The normalized spacial score (nSPS) is 23.0. The van der Waals surface area contributed by atoms with Crippen molar-refractivity contribution in [3.63, 3.8) is 0 Å². The predicted octanol–water partition coefficient (Wildman–Crippen LogP) is 1.63. The number of sulfone groups is 1. The molecule has 0 bridgehead atoms. The molecule has 1 fully saturated rings. The van der Waals surface area contributed by atoms with E-state index in [2.05, 4.69) is 5.32 Å². The molecule has 0 amide bonds. The number of hydrogen-bond donors (Lipinski definition) is 1. The lowest BCUT2D eigenvalue weighted by Crippen LogP contribution is -2.45. The average Bonchev–Trinajstić information content (AvgIpc) is 2.46. The third kappa shape index (κ3) is 4.69. The van der Waals surface area contributed by atoms with Crippen LogP contribution in [0.15, 0.2) is 29.2 Å². The minimum Gasteiger partial charge on any atom is -0.491 e. The van der Waals surface area contributed by atoms with Gasteiger partial charge in [-0.3, -0.25) is 0 Å². The molecule has 1 aliphatic rings. The highest BCUT2D eigenvalue weighted by Gasteiger charge is 2.19. The number of benzene rings is 1. The van der Waals surface area contributed by atoms with Crippen molar-refractivity contribution in [3.8, 4) is 5.75 Å². The molecule has 0 aromatic heterocycles. The summed E-state index contributed by atoms with van der Waals surface area (Å²) in [4.78, 5) is 0.348. The van der Waals surface area contributed by atoms with E-state index < -0.39 is 9.84 Å². The van der Waals surface area contributed by atoms with E-state index in [4.69, 9.17) is 9.47 Å². The highest BCUT2D eigenvalue weighted by molar-refractivity contribution is 7.91. The molecule has 1 heterocycles. The monoisotopic (exact) mass is 313 g/mol. The van der Waals surface area contributed by atoms with E-state index >= 15 is 0 Å². The summed E-state index contributed by atoms with van der Waals surface area (Å²) in [5.41, 5.74) is 0. The average molecular weight is 313 g/mol. The second kappa shape index (κ2) is 7.24. The summed E-state index contributed by atoms with van der Waals surface area (Å²) in [6, 6.07) is 6.59. The Bertz CT molecular complexity index is 541. The van der Waals surface area contributed by atoms with Crippen LogP contribution in [-0.4, -0.2) is 46.1 Å². The highest BCUT2D eigenvalue weighted by Crippen LogP contribution is 2.18. The maximum atomic E-state index is 11.9. The highest BCUT2D eigenvalue weighted by atomic mass is 32.2. The van der Waals surface area contributed by atoms with E-state index in [0.29, 0.717) is 23.7 Å². The Hall–Kier alpha value is -1.11. The molecule has 1 N–H and O–H groups in total. The van der Waals surface area contributed by atoms with Gasteiger partial charge in [0.05, 0.1) is 16.8 Å². The van der Waals surface area contributed by atoms with Crippen molar-refractivity contribution in [2.75, 3.05) is 25.4 Å². The van der Waals surface area contributed by atoms with E-state index in [1.807, 2.05) is 13.8 Å². The third-order valence-corrected chi connectivity index (χ3v) is 5.26. The zero-order valence-electron chi connectivity index (χ0n) is 12.5. The molecule has 0 saturated carbocycles. The van der Waals surface area contributed by atoms with Gasteiger partial charge in [-0.05, 0) is 37.6 Å². The van der Waals surface area contributed by atoms with E-state index in [1.54, 1.807) is 24.3 Å². The Morgan fingerprint density at radius 2 is 2.00 bits per heavy atom. The quantitative estimate of drug-likeness (QED) is 0.865. The molecule has 2 unspecified atom stereocenters. The first-order valence-corrected chi connectivity index (χ1v) is 8.98. The minimum atomic E-state index is -3.16. The van der Waals surface area contributed by atoms with Crippen molar-refractivity contribution in [1.82, 2.24) is 5.32 Å². The van der Waals surface area contributed by atoms with Crippen LogP contribution in [-0.2, 0) is 14.6 Å². The van der Waals surface area contributed by atoms with Gasteiger partial charge in [-0.25, -0.2) is 8.42 Å². The zero-order chi connectivity index (χ0) is 15.3. The van der Waals surface area contributed by atoms with E-state index in [-0.39, 0.29) is 18.0 Å². The SMILES string of the molecule is CCCS(=O)(=O)c1ccc(OCC2CNCC(C)O2)cc1. The molecule has 1 aromatic rings. The van der Waals surface area contributed by atoms with Gasteiger partial charge in [0, 0.05) is 13.1 Å². The second-order valence-electron chi connectivity index (χ2n) is 5.33. The molecule has 1 aromatic carbocycles. The standard InChI is InChI=1S/C15H23NO4S/c1-3-8-21(17,18)15-6-4-13(5-7-15)19-11-14-10-16-9-12(2)20-14/h4-7,12,14,16H,3,8-11H2,1-2H3. The molecule has 5 nitrogen and oxygen atoms in total. The van der Waals surface area contributed by atoms with Gasteiger partial charge in [0.15, 0.2) is 9.84 Å². The number of nitrogens with one attached hydrogen (secondary N) is 1. The Balaban J connectivity index is 1.90. The van der Waals surface area contributed by atoms with Crippen LogP contribution in [0.25, 0.3) is 0 Å². The van der Waals surface area contributed by atoms with Crippen molar-refractivity contribution in [3.05, 3.63) is 24.3 Å². The first kappa shape index (κ1) is 16.3. The van der Waals surface area contributed by atoms with Crippen molar-refractivity contribution < 1.29 is 17.9 Å². The lowest BCUT2D eigenvalue weighted by Gasteiger charge is -2.28. The number of rotatable bonds is 6. The van der Waals surface area contributed by atoms with Crippen molar-refractivity contribution in [2.24, 2.45) is 0 Å². The molecule has 1 saturated heterocycles.